The molecule has 1 N–H and O–H groups in total. The first-order valence-corrected chi connectivity index (χ1v) is 5.65. The van der Waals surface area contributed by atoms with Crippen molar-refractivity contribution >= 4 is 11.8 Å². The first-order chi connectivity index (χ1) is 8.08. The Bertz CT molecular complexity index is 422. The molecule has 0 spiro atoms. The van der Waals surface area contributed by atoms with Crippen LogP contribution in [0.3, 0.4) is 0 Å². The van der Waals surface area contributed by atoms with Gasteiger partial charge in [-0.15, -0.1) is 0 Å². The Labute approximate surface area is 100 Å². The van der Waals surface area contributed by atoms with E-state index in [4.69, 9.17) is 9.84 Å². The normalized spacial score (nSPS) is 24.7. The molecule has 1 aliphatic rings. The van der Waals surface area contributed by atoms with Crippen LogP contribution in [0.5, 0.6) is 0 Å². The fourth-order valence-electron chi connectivity index (χ4n) is 1.93. The molecular weight excluding hydrogens is 220 g/mol. The number of nitrogens with zero attached hydrogens (tertiary/aromatic N) is 2. The minimum atomic E-state index is -0.928. The molecule has 5 nitrogen and oxygen atoms in total. The SMILES string of the molecule is CC1CN(c2cc(C(=O)O)ccn2)C(C)CO1. The number of aromatic carboxylic acids is 1. The Morgan fingerprint density at radius 2 is 2.35 bits per heavy atom. The standard InChI is InChI=1S/C12H16N2O3/c1-8-7-17-9(2)6-14(8)11-5-10(12(15)16)3-4-13-11/h3-5,8-9H,6-7H2,1-2H3,(H,15,16). The van der Waals surface area contributed by atoms with Gasteiger partial charge < -0.3 is 14.7 Å². The van der Waals surface area contributed by atoms with Crippen LogP contribution in [-0.4, -0.2) is 41.4 Å². The summed E-state index contributed by atoms with van der Waals surface area (Å²) in [5.74, 6) is -0.227. The van der Waals surface area contributed by atoms with Crippen LogP contribution in [0.1, 0.15) is 24.2 Å². The van der Waals surface area contributed by atoms with E-state index in [1.807, 2.05) is 13.8 Å². The summed E-state index contributed by atoms with van der Waals surface area (Å²) in [7, 11) is 0. The van der Waals surface area contributed by atoms with Crippen molar-refractivity contribution in [3.8, 4) is 0 Å². The van der Waals surface area contributed by atoms with E-state index >= 15 is 0 Å². The van der Waals surface area contributed by atoms with Crippen LogP contribution >= 0.6 is 0 Å². The molecule has 0 aliphatic carbocycles. The van der Waals surface area contributed by atoms with Crippen LogP contribution in [0.4, 0.5) is 5.82 Å². The number of aromatic nitrogens is 1. The minimum Gasteiger partial charge on any atom is -0.478 e. The Kier molecular flexibility index (Phi) is 3.28. The van der Waals surface area contributed by atoms with Crippen molar-refractivity contribution in [1.29, 1.82) is 0 Å². The number of carboxylic acids is 1. The number of ether oxygens (including phenoxy) is 1. The molecule has 2 atom stereocenters. The topological polar surface area (TPSA) is 62.7 Å². The number of rotatable bonds is 2. The molecule has 1 aliphatic heterocycles. The van der Waals surface area contributed by atoms with Crippen molar-refractivity contribution in [2.24, 2.45) is 0 Å². The Morgan fingerprint density at radius 3 is 3.06 bits per heavy atom. The molecular formula is C12H16N2O3. The van der Waals surface area contributed by atoms with Crippen LogP contribution in [0, 0.1) is 0 Å². The van der Waals surface area contributed by atoms with Gasteiger partial charge in [-0.3, -0.25) is 0 Å². The molecule has 2 unspecified atom stereocenters. The molecule has 0 radical (unpaired) electrons. The van der Waals surface area contributed by atoms with Gasteiger partial charge in [-0.05, 0) is 26.0 Å². The van der Waals surface area contributed by atoms with Crippen LogP contribution in [0.2, 0.25) is 0 Å². The summed E-state index contributed by atoms with van der Waals surface area (Å²) in [6, 6.07) is 3.32. The van der Waals surface area contributed by atoms with Gasteiger partial charge in [0.2, 0.25) is 0 Å². The second-order valence-electron chi connectivity index (χ2n) is 4.35. The smallest absolute Gasteiger partial charge is 0.335 e. The summed E-state index contributed by atoms with van der Waals surface area (Å²) in [5, 5.41) is 8.95. The van der Waals surface area contributed by atoms with E-state index in [1.54, 1.807) is 6.07 Å². The first-order valence-electron chi connectivity index (χ1n) is 5.65. The van der Waals surface area contributed by atoms with E-state index in [0.29, 0.717) is 12.4 Å². The molecule has 1 aromatic rings. The monoisotopic (exact) mass is 236 g/mol. The van der Waals surface area contributed by atoms with E-state index in [-0.39, 0.29) is 17.7 Å². The van der Waals surface area contributed by atoms with E-state index in [9.17, 15) is 4.79 Å². The van der Waals surface area contributed by atoms with Gasteiger partial charge in [0.05, 0.1) is 24.3 Å². The zero-order chi connectivity index (χ0) is 12.4. The molecule has 1 fully saturated rings. The average Bonchev–Trinajstić information content (AvgIpc) is 2.32. The van der Waals surface area contributed by atoms with Gasteiger partial charge in [0.25, 0.3) is 0 Å². The van der Waals surface area contributed by atoms with Gasteiger partial charge in [0.1, 0.15) is 5.82 Å². The third-order valence-electron chi connectivity index (χ3n) is 2.89. The highest BCUT2D eigenvalue weighted by atomic mass is 16.5. The molecule has 1 aromatic heterocycles. The lowest BCUT2D eigenvalue weighted by Gasteiger charge is -2.37. The molecule has 0 bridgehead atoms. The largest absolute Gasteiger partial charge is 0.478 e. The van der Waals surface area contributed by atoms with Crippen LogP contribution in [-0.2, 0) is 4.74 Å². The average molecular weight is 236 g/mol. The number of pyridine rings is 1. The van der Waals surface area contributed by atoms with Crippen LogP contribution in [0.25, 0.3) is 0 Å². The molecule has 0 saturated carbocycles. The summed E-state index contributed by atoms with van der Waals surface area (Å²) in [4.78, 5) is 17.2. The van der Waals surface area contributed by atoms with Gasteiger partial charge in [-0.2, -0.15) is 0 Å². The maximum absolute atomic E-state index is 10.9. The molecule has 0 amide bonds. The van der Waals surface area contributed by atoms with Gasteiger partial charge in [-0.25, -0.2) is 9.78 Å². The molecule has 92 valence electrons. The highest BCUT2D eigenvalue weighted by Crippen LogP contribution is 2.20. The first kappa shape index (κ1) is 11.9. The van der Waals surface area contributed by atoms with Crippen molar-refractivity contribution in [2.45, 2.75) is 26.0 Å². The number of hydrogen-bond donors (Lipinski definition) is 1. The summed E-state index contributed by atoms with van der Waals surface area (Å²) in [5.41, 5.74) is 0.265. The van der Waals surface area contributed by atoms with Crippen molar-refractivity contribution < 1.29 is 14.6 Å². The lowest BCUT2D eigenvalue weighted by molar-refractivity contribution is 0.0340. The fraction of sp³-hybridized carbons (Fsp3) is 0.500. The van der Waals surface area contributed by atoms with Gasteiger partial charge >= 0.3 is 5.97 Å². The summed E-state index contributed by atoms with van der Waals surface area (Å²) in [6.45, 7) is 5.41. The van der Waals surface area contributed by atoms with Crippen LogP contribution in [0.15, 0.2) is 18.3 Å². The molecule has 0 aromatic carbocycles. The number of hydrogen-bond acceptors (Lipinski definition) is 4. The molecule has 2 rings (SSSR count). The predicted molar refractivity (Wildman–Crippen MR) is 63.4 cm³/mol. The van der Waals surface area contributed by atoms with Crippen molar-refractivity contribution in [3.63, 3.8) is 0 Å². The number of morpholine rings is 1. The van der Waals surface area contributed by atoms with E-state index in [1.165, 1.54) is 12.3 Å². The van der Waals surface area contributed by atoms with Crippen molar-refractivity contribution in [3.05, 3.63) is 23.9 Å². The quantitative estimate of drug-likeness (QED) is 0.840. The highest BCUT2D eigenvalue weighted by Gasteiger charge is 2.24. The predicted octanol–water partition coefficient (Wildman–Crippen LogP) is 1.39. The molecule has 2 heterocycles. The second-order valence-corrected chi connectivity index (χ2v) is 4.35. The minimum absolute atomic E-state index is 0.140. The fourth-order valence-corrected chi connectivity index (χ4v) is 1.93. The van der Waals surface area contributed by atoms with Crippen molar-refractivity contribution in [1.82, 2.24) is 4.98 Å². The zero-order valence-electron chi connectivity index (χ0n) is 9.96. The number of carbonyl (C=O) groups is 1. The van der Waals surface area contributed by atoms with E-state index in [2.05, 4.69) is 9.88 Å². The Morgan fingerprint density at radius 1 is 1.59 bits per heavy atom. The second kappa shape index (κ2) is 4.71. The van der Waals surface area contributed by atoms with Crippen LogP contribution < -0.4 is 4.90 Å². The maximum atomic E-state index is 10.9. The summed E-state index contributed by atoms with van der Waals surface area (Å²) in [6.07, 6.45) is 1.67. The van der Waals surface area contributed by atoms with Gasteiger partial charge in [0.15, 0.2) is 0 Å². The summed E-state index contributed by atoms with van der Waals surface area (Å²) >= 11 is 0. The maximum Gasteiger partial charge on any atom is 0.335 e. The zero-order valence-corrected chi connectivity index (χ0v) is 9.96. The summed E-state index contributed by atoms with van der Waals surface area (Å²) < 4.78 is 5.53. The van der Waals surface area contributed by atoms with Gasteiger partial charge in [-0.1, -0.05) is 0 Å². The number of anilines is 1. The molecule has 1 saturated heterocycles. The Balaban J connectivity index is 2.26. The number of carboxylic acid groups (broad SMARTS) is 1. The molecule has 5 heteroatoms. The van der Waals surface area contributed by atoms with Gasteiger partial charge in [0, 0.05) is 12.7 Å². The lowest BCUT2D eigenvalue weighted by atomic mass is 10.2. The van der Waals surface area contributed by atoms with E-state index < -0.39 is 5.97 Å². The van der Waals surface area contributed by atoms with E-state index in [0.717, 1.165) is 6.54 Å². The Hall–Kier alpha value is -1.62. The molecule has 17 heavy (non-hydrogen) atoms. The van der Waals surface area contributed by atoms with Crippen molar-refractivity contribution in [2.75, 3.05) is 18.1 Å². The lowest BCUT2D eigenvalue weighted by Crippen LogP contribution is -2.47. The third kappa shape index (κ3) is 2.55. The third-order valence-corrected chi connectivity index (χ3v) is 2.89. The highest BCUT2D eigenvalue weighted by molar-refractivity contribution is 5.88.